The molecule has 3 N–H and O–H groups in total. The molecule has 1 amide bonds. The van der Waals surface area contributed by atoms with Crippen molar-refractivity contribution in [3.63, 3.8) is 0 Å². The SMILES string of the molecule is C=CCN(C)CC1OC(c2cccc(-c3cccc(CNC(=O)CCC(=O)O)c3)c2)OC(c2ccc(CO)cc2)C1C. The molecule has 1 aliphatic rings. The summed E-state index contributed by atoms with van der Waals surface area (Å²) in [6, 6.07) is 23.9. The molecule has 42 heavy (non-hydrogen) atoms. The average molecular weight is 573 g/mol. The number of rotatable bonds is 13. The minimum Gasteiger partial charge on any atom is -0.481 e. The number of carbonyl (C=O) groups is 2. The van der Waals surface area contributed by atoms with E-state index < -0.39 is 12.3 Å². The van der Waals surface area contributed by atoms with E-state index >= 15 is 0 Å². The van der Waals surface area contributed by atoms with Crippen LogP contribution in [-0.2, 0) is 32.2 Å². The number of ether oxygens (including phenoxy) is 2. The van der Waals surface area contributed by atoms with Gasteiger partial charge >= 0.3 is 5.97 Å². The molecule has 1 heterocycles. The summed E-state index contributed by atoms with van der Waals surface area (Å²) < 4.78 is 13.2. The molecule has 1 aliphatic heterocycles. The van der Waals surface area contributed by atoms with Crippen molar-refractivity contribution in [1.82, 2.24) is 10.2 Å². The van der Waals surface area contributed by atoms with E-state index in [2.05, 4.69) is 36.8 Å². The first-order valence-corrected chi connectivity index (χ1v) is 14.2. The van der Waals surface area contributed by atoms with Crippen molar-refractivity contribution >= 4 is 11.9 Å². The van der Waals surface area contributed by atoms with Crippen LogP contribution in [0, 0.1) is 5.92 Å². The molecule has 0 saturated carbocycles. The summed E-state index contributed by atoms with van der Waals surface area (Å²) in [5.41, 5.74) is 5.68. The number of carbonyl (C=O) groups excluding carboxylic acids is 1. The highest BCUT2D eigenvalue weighted by Crippen LogP contribution is 2.42. The van der Waals surface area contributed by atoms with Crippen molar-refractivity contribution < 1.29 is 29.3 Å². The van der Waals surface area contributed by atoms with Crippen molar-refractivity contribution in [1.29, 1.82) is 0 Å². The Kier molecular flexibility index (Phi) is 11.0. The van der Waals surface area contributed by atoms with E-state index in [0.717, 1.165) is 46.5 Å². The molecule has 4 unspecified atom stereocenters. The average Bonchev–Trinajstić information content (AvgIpc) is 3.00. The number of likely N-dealkylation sites (N-methyl/N-ethyl adjacent to an activating group) is 1. The van der Waals surface area contributed by atoms with Gasteiger partial charge in [-0.1, -0.05) is 73.7 Å². The van der Waals surface area contributed by atoms with Crippen LogP contribution < -0.4 is 5.32 Å². The van der Waals surface area contributed by atoms with Crippen LogP contribution in [0.1, 0.15) is 54.4 Å². The van der Waals surface area contributed by atoms with Crippen molar-refractivity contribution in [3.8, 4) is 11.1 Å². The molecule has 0 spiro atoms. The lowest BCUT2D eigenvalue weighted by Gasteiger charge is -2.42. The van der Waals surface area contributed by atoms with Crippen LogP contribution in [0.3, 0.4) is 0 Å². The molecule has 1 fully saturated rings. The second kappa shape index (κ2) is 14.9. The van der Waals surface area contributed by atoms with Gasteiger partial charge in [-0.3, -0.25) is 9.59 Å². The summed E-state index contributed by atoms with van der Waals surface area (Å²) in [4.78, 5) is 24.9. The molecular weight excluding hydrogens is 532 g/mol. The van der Waals surface area contributed by atoms with Crippen LogP contribution in [0.2, 0.25) is 0 Å². The van der Waals surface area contributed by atoms with Gasteiger partial charge in [0.2, 0.25) is 5.91 Å². The summed E-state index contributed by atoms with van der Waals surface area (Å²) in [6.07, 6.45) is 0.772. The van der Waals surface area contributed by atoms with E-state index in [0.29, 0.717) is 6.54 Å². The number of hydrogen-bond donors (Lipinski definition) is 3. The minimum absolute atomic E-state index is 0.00679. The van der Waals surface area contributed by atoms with Crippen molar-refractivity contribution in [2.75, 3.05) is 20.1 Å². The van der Waals surface area contributed by atoms with Gasteiger partial charge in [0.15, 0.2) is 6.29 Å². The zero-order valence-electron chi connectivity index (χ0n) is 24.2. The fraction of sp³-hybridized carbons (Fsp3) is 0.353. The van der Waals surface area contributed by atoms with E-state index in [1.54, 1.807) is 0 Å². The zero-order valence-corrected chi connectivity index (χ0v) is 24.2. The van der Waals surface area contributed by atoms with Crippen LogP contribution >= 0.6 is 0 Å². The van der Waals surface area contributed by atoms with E-state index in [1.807, 2.05) is 72.8 Å². The fourth-order valence-electron chi connectivity index (χ4n) is 5.17. The molecule has 3 aromatic carbocycles. The Hall–Kier alpha value is -3.82. The molecule has 1 saturated heterocycles. The highest BCUT2D eigenvalue weighted by Gasteiger charge is 2.38. The number of hydrogen-bond acceptors (Lipinski definition) is 6. The quantitative estimate of drug-likeness (QED) is 0.241. The molecule has 4 rings (SSSR count). The second-order valence-corrected chi connectivity index (χ2v) is 10.8. The molecule has 0 aromatic heterocycles. The van der Waals surface area contributed by atoms with E-state index in [4.69, 9.17) is 14.6 Å². The first kappa shape index (κ1) is 31.1. The summed E-state index contributed by atoms with van der Waals surface area (Å²) in [5, 5.41) is 21.1. The fourth-order valence-corrected chi connectivity index (χ4v) is 5.17. The zero-order chi connectivity index (χ0) is 30.1. The Labute approximate surface area is 247 Å². The lowest BCUT2D eigenvalue weighted by molar-refractivity contribution is -0.275. The van der Waals surface area contributed by atoms with Gasteiger partial charge in [0, 0.05) is 37.5 Å². The van der Waals surface area contributed by atoms with E-state index in [-0.39, 0.29) is 43.5 Å². The molecule has 8 heteroatoms. The van der Waals surface area contributed by atoms with Crippen LogP contribution in [0.4, 0.5) is 0 Å². The molecule has 3 aromatic rings. The smallest absolute Gasteiger partial charge is 0.303 e. The van der Waals surface area contributed by atoms with Crippen LogP contribution in [0.5, 0.6) is 0 Å². The van der Waals surface area contributed by atoms with Gasteiger partial charge in [-0.15, -0.1) is 6.58 Å². The Morgan fingerprint density at radius 2 is 1.67 bits per heavy atom. The van der Waals surface area contributed by atoms with Gasteiger partial charge in [-0.05, 0) is 47.0 Å². The predicted molar refractivity (Wildman–Crippen MR) is 161 cm³/mol. The monoisotopic (exact) mass is 572 g/mol. The lowest BCUT2D eigenvalue weighted by Crippen LogP contribution is -2.43. The number of aliphatic carboxylic acids is 1. The molecule has 0 aliphatic carbocycles. The van der Waals surface area contributed by atoms with Crippen molar-refractivity contribution in [2.45, 2.75) is 51.4 Å². The number of carboxylic acids is 1. The van der Waals surface area contributed by atoms with Crippen molar-refractivity contribution in [3.05, 3.63) is 108 Å². The lowest BCUT2D eigenvalue weighted by atomic mass is 9.90. The maximum absolute atomic E-state index is 12.0. The maximum Gasteiger partial charge on any atom is 0.303 e. The molecule has 8 nitrogen and oxygen atoms in total. The third-order valence-corrected chi connectivity index (χ3v) is 7.53. The number of aliphatic hydroxyl groups excluding tert-OH is 1. The summed E-state index contributed by atoms with van der Waals surface area (Å²) in [7, 11) is 2.05. The largest absolute Gasteiger partial charge is 0.481 e. The third kappa shape index (κ3) is 8.36. The number of nitrogens with one attached hydrogen (secondary N) is 1. The van der Waals surface area contributed by atoms with Gasteiger partial charge in [0.1, 0.15) is 0 Å². The number of nitrogens with zero attached hydrogens (tertiary/aromatic N) is 1. The van der Waals surface area contributed by atoms with Gasteiger partial charge < -0.3 is 29.9 Å². The predicted octanol–water partition coefficient (Wildman–Crippen LogP) is 5.24. The molecular formula is C34H40N2O6. The van der Waals surface area contributed by atoms with Gasteiger partial charge in [0.05, 0.1) is 25.2 Å². The van der Waals surface area contributed by atoms with E-state index in [1.165, 1.54) is 0 Å². The number of amides is 1. The summed E-state index contributed by atoms with van der Waals surface area (Å²) in [5.74, 6) is -1.20. The number of benzene rings is 3. The third-order valence-electron chi connectivity index (χ3n) is 7.53. The maximum atomic E-state index is 12.0. The van der Waals surface area contributed by atoms with Crippen LogP contribution in [-0.4, -0.2) is 53.2 Å². The minimum atomic E-state index is -0.992. The standard InChI is InChI=1S/C34H40N2O6/c1-4-17-36(3)21-30-23(2)33(26-13-11-24(22-37)12-14-26)42-34(41-30)29-10-6-9-28(19-29)27-8-5-7-25(18-27)20-35-31(38)15-16-32(39)40/h4-14,18-19,23,30,33-34,37H,1,15-17,20-22H2,2-3H3,(H,35,38)(H,39,40). The highest BCUT2D eigenvalue weighted by molar-refractivity contribution is 5.80. The van der Waals surface area contributed by atoms with Crippen LogP contribution in [0.25, 0.3) is 11.1 Å². The Morgan fingerprint density at radius 3 is 2.36 bits per heavy atom. The Balaban J connectivity index is 1.55. The molecule has 222 valence electrons. The molecule has 0 bridgehead atoms. The number of carboxylic acid groups (broad SMARTS) is 1. The normalized spacial score (nSPS) is 20.3. The van der Waals surface area contributed by atoms with Gasteiger partial charge in [0.25, 0.3) is 0 Å². The first-order valence-electron chi connectivity index (χ1n) is 14.2. The first-order chi connectivity index (χ1) is 20.3. The molecule has 0 radical (unpaired) electrons. The second-order valence-electron chi connectivity index (χ2n) is 10.8. The van der Waals surface area contributed by atoms with E-state index in [9.17, 15) is 14.7 Å². The topological polar surface area (TPSA) is 108 Å². The van der Waals surface area contributed by atoms with Gasteiger partial charge in [-0.2, -0.15) is 0 Å². The summed E-state index contributed by atoms with van der Waals surface area (Å²) >= 11 is 0. The summed E-state index contributed by atoms with van der Waals surface area (Å²) in [6.45, 7) is 7.79. The van der Waals surface area contributed by atoms with Crippen LogP contribution in [0.15, 0.2) is 85.5 Å². The molecule has 4 atom stereocenters. The van der Waals surface area contributed by atoms with Gasteiger partial charge in [-0.25, -0.2) is 0 Å². The Bertz CT molecular complexity index is 1360. The van der Waals surface area contributed by atoms with Crippen molar-refractivity contribution in [2.24, 2.45) is 5.92 Å². The number of aliphatic hydroxyl groups is 1. The highest BCUT2D eigenvalue weighted by atomic mass is 16.7. The Morgan fingerprint density at radius 1 is 0.952 bits per heavy atom.